The second-order valence-electron chi connectivity index (χ2n) is 17.2. The lowest BCUT2D eigenvalue weighted by molar-refractivity contribution is -0.298. The predicted octanol–water partition coefficient (Wildman–Crippen LogP) is 8.98. The van der Waals surface area contributed by atoms with E-state index in [1.807, 2.05) is 25.3 Å². The molecule has 2 bridgehead atoms. The Balaban J connectivity index is 1.28. The normalized spacial score (nSPS) is 24.6. The molecular formula is C38H43F6N5O4SSi. The highest BCUT2D eigenvalue weighted by atomic mass is 32.2. The fraction of sp³-hybridized carbons (Fsp3) is 0.500. The molecule has 3 aliphatic rings. The van der Waals surface area contributed by atoms with E-state index in [-0.39, 0.29) is 17.0 Å². The van der Waals surface area contributed by atoms with Gasteiger partial charge in [-0.25, -0.2) is 9.37 Å². The summed E-state index contributed by atoms with van der Waals surface area (Å²) in [6, 6.07) is 9.60. The zero-order chi connectivity index (χ0) is 40.3. The Labute approximate surface area is 319 Å². The lowest BCUT2D eigenvalue weighted by Gasteiger charge is -2.58. The molecule has 2 aromatic heterocycles. The van der Waals surface area contributed by atoms with E-state index >= 15 is 4.39 Å². The van der Waals surface area contributed by atoms with Crippen LogP contribution in [0.3, 0.4) is 0 Å². The van der Waals surface area contributed by atoms with E-state index in [2.05, 4.69) is 15.0 Å². The quantitative estimate of drug-likeness (QED) is 0.104. The molecule has 9 nitrogen and oxygen atoms in total. The highest BCUT2D eigenvalue weighted by Crippen LogP contribution is 2.60. The summed E-state index contributed by atoms with van der Waals surface area (Å²) in [7, 11) is -3.00. The van der Waals surface area contributed by atoms with Crippen molar-refractivity contribution in [3.63, 3.8) is 0 Å². The standard InChI is InChI=1S/C38H43F6N5O4SSi/c1-34(2,3)54(51)48-36(18-37(19-36,38(42,43)44)53-55(7,8)35(4,5)6)30-23(39)14-21(17-45-30)20-12-13-24-26(15-20)49-27-16-25(31(49)46-24)47-32(50)22-10-9-11-28(29(22)27)52-33(40)41/h9-15,17,25,27,33,48H,16,18-19H2,1-8H3,(H,47,50)/t25-,27-,36?,37?,54-/m1/s1. The molecule has 2 aliphatic heterocycles. The molecule has 2 aromatic carbocycles. The number of nitrogens with zero attached hydrogens (tertiary/aromatic N) is 3. The summed E-state index contributed by atoms with van der Waals surface area (Å²) in [6.45, 7) is 10.8. The number of aromatic nitrogens is 3. The van der Waals surface area contributed by atoms with Crippen LogP contribution in [0, 0.1) is 5.82 Å². The van der Waals surface area contributed by atoms with E-state index < -0.39 is 90.0 Å². The first kappa shape index (κ1) is 39.6. The summed E-state index contributed by atoms with van der Waals surface area (Å²) in [5.41, 5.74) is -2.27. The van der Waals surface area contributed by atoms with Gasteiger partial charge in [-0.15, -0.1) is 4.72 Å². The number of carbonyl (C=O) groups is 1. The SMILES string of the molecule is CC(C)(C)[S@@+]([O-])NC1(c2ncc(-c3ccc4nc5n(c4c3)[C@@H]3C[C@H]5NC(=O)c4cccc(OC(F)F)c43)cc2F)CC(O[Si](C)(C)C(C)(C)C)(C(F)(F)F)C1. The highest BCUT2D eigenvalue weighted by Gasteiger charge is 2.73. The lowest BCUT2D eigenvalue weighted by Crippen LogP contribution is -2.73. The van der Waals surface area contributed by atoms with E-state index in [0.29, 0.717) is 40.0 Å². The number of hydrogen-bond donors (Lipinski definition) is 2. The molecular weight excluding hydrogens is 765 g/mol. The molecule has 1 aliphatic carbocycles. The van der Waals surface area contributed by atoms with Gasteiger partial charge in [0.2, 0.25) is 0 Å². The van der Waals surface area contributed by atoms with Gasteiger partial charge in [-0.3, -0.25) is 9.78 Å². The monoisotopic (exact) mass is 807 g/mol. The van der Waals surface area contributed by atoms with Crippen LogP contribution >= 0.6 is 0 Å². The molecule has 1 fully saturated rings. The number of hydrogen-bond acceptors (Lipinski definition) is 7. The number of rotatable bonds is 8. The first-order valence-corrected chi connectivity index (χ1v) is 22.0. The number of fused-ring (bicyclic) bond motifs is 9. The summed E-state index contributed by atoms with van der Waals surface area (Å²) >= 11 is -1.90. The van der Waals surface area contributed by atoms with Gasteiger partial charge in [-0.05, 0) is 81.2 Å². The Hall–Kier alpha value is -3.64. The maximum atomic E-state index is 16.5. The average molecular weight is 808 g/mol. The second kappa shape index (κ2) is 12.9. The fourth-order valence-corrected chi connectivity index (χ4v) is 10.1. The fourth-order valence-electron chi connectivity index (χ4n) is 7.65. The Bertz CT molecular complexity index is 2180. The molecule has 4 aromatic rings. The molecule has 2 N–H and O–H groups in total. The van der Waals surface area contributed by atoms with Gasteiger partial charge >= 0.3 is 12.8 Å². The Morgan fingerprint density at radius 2 is 1.75 bits per heavy atom. The number of pyridine rings is 1. The van der Waals surface area contributed by atoms with Crippen molar-refractivity contribution < 1.29 is 44.9 Å². The summed E-state index contributed by atoms with van der Waals surface area (Å²) in [4.78, 5) is 22.3. The highest BCUT2D eigenvalue weighted by molar-refractivity contribution is 7.90. The van der Waals surface area contributed by atoms with E-state index in [1.54, 1.807) is 58.1 Å². The van der Waals surface area contributed by atoms with Crippen LogP contribution < -0.4 is 14.8 Å². The number of alkyl halides is 5. The molecule has 1 amide bonds. The first-order chi connectivity index (χ1) is 25.4. The average Bonchev–Trinajstić information content (AvgIpc) is 3.53. The Kier molecular flexibility index (Phi) is 9.32. The van der Waals surface area contributed by atoms with Crippen LogP contribution in [0.15, 0.2) is 48.7 Å². The predicted molar refractivity (Wildman–Crippen MR) is 198 cm³/mol. The van der Waals surface area contributed by atoms with Gasteiger partial charge in [0, 0.05) is 47.1 Å². The number of amides is 1. The van der Waals surface area contributed by atoms with Crippen LogP contribution in [0.5, 0.6) is 5.75 Å². The van der Waals surface area contributed by atoms with Gasteiger partial charge in [0.15, 0.2) is 13.9 Å². The maximum Gasteiger partial charge on any atom is 0.416 e. The summed E-state index contributed by atoms with van der Waals surface area (Å²) in [5.74, 6) is -0.945. The molecule has 0 spiro atoms. The minimum atomic E-state index is -4.80. The van der Waals surface area contributed by atoms with Gasteiger partial charge in [-0.1, -0.05) is 32.9 Å². The van der Waals surface area contributed by atoms with Crippen molar-refractivity contribution in [2.45, 2.75) is 120 Å². The number of nitrogens with one attached hydrogen (secondary N) is 2. The largest absolute Gasteiger partial charge is 0.598 e. The van der Waals surface area contributed by atoms with Crippen molar-refractivity contribution in [3.8, 4) is 16.9 Å². The van der Waals surface area contributed by atoms with Crippen molar-refractivity contribution in [3.05, 3.63) is 77.1 Å². The lowest BCUT2D eigenvalue weighted by atomic mass is 9.63. The molecule has 1 saturated carbocycles. The summed E-state index contributed by atoms with van der Waals surface area (Å²) in [5, 5.41) is 2.39. The number of carbonyl (C=O) groups excluding carboxylic acids is 1. The van der Waals surface area contributed by atoms with Crippen molar-refractivity contribution in [1.82, 2.24) is 24.6 Å². The topological polar surface area (TPSA) is 113 Å². The molecule has 3 atom stereocenters. The molecule has 55 heavy (non-hydrogen) atoms. The maximum absolute atomic E-state index is 16.5. The van der Waals surface area contributed by atoms with Crippen LogP contribution in [0.4, 0.5) is 26.3 Å². The minimum Gasteiger partial charge on any atom is -0.598 e. The number of halogens is 6. The molecule has 296 valence electrons. The van der Waals surface area contributed by atoms with Crippen LogP contribution in [-0.4, -0.2) is 56.4 Å². The third-order valence-corrected chi connectivity index (χ3v) is 17.6. The van der Waals surface area contributed by atoms with Crippen LogP contribution in [0.1, 0.15) is 100 Å². The Morgan fingerprint density at radius 3 is 2.35 bits per heavy atom. The van der Waals surface area contributed by atoms with E-state index in [1.165, 1.54) is 24.4 Å². The minimum absolute atomic E-state index is 0.129. The van der Waals surface area contributed by atoms with Crippen LogP contribution in [-0.2, 0) is 21.3 Å². The third-order valence-electron chi connectivity index (χ3n) is 11.4. The van der Waals surface area contributed by atoms with Gasteiger partial charge in [0.25, 0.3) is 5.91 Å². The number of ether oxygens (including phenoxy) is 1. The zero-order valence-electron chi connectivity index (χ0n) is 31.6. The number of imidazole rings is 1. The van der Waals surface area contributed by atoms with Gasteiger partial charge in [-0.2, -0.15) is 22.0 Å². The molecule has 0 radical (unpaired) electrons. The van der Waals surface area contributed by atoms with E-state index in [9.17, 15) is 31.3 Å². The molecule has 4 heterocycles. The van der Waals surface area contributed by atoms with Crippen LogP contribution in [0.2, 0.25) is 18.1 Å². The number of benzene rings is 2. The van der Waals surface area contributed by atoms with Crippen molar-refractivity contribution in [2.75, 3.05) is 0 Å². The molecule has 0 unspecified atom stereocenters. The summed E-state index contributed by atoms with van der Waals surface area (Å²) in [6.07, 6.45) is -4.57. The first-order valence-electron chi connectivity index (χ1n) is 17.9. The smallest absolute Gasteiger partial charge is 0.416 e. The third kappa shape index (κ3) is 6.62. The molecule has 7 rings (SSSR count). The van der Waals surface area contributed by atoms with Crippen molar-refractivity contribution in [2.24, 2.45) is 0 Å². The molecule has 17 heteroatoms. The molecule has 0 saturated heterocycles. The second-order valence-corrected chi connectivity index (χ2v) is 23.9. The zero-order valence-corrected chi connectivity index (χ0v) is 33.4. The summed E-state index contributed by atoms with van der Waals surface area (Å²) < 4.78 is 117. The van der Waals surface area contributed by atoms with Crippen molar-refractivity contribution in [1.29, 1.82) is 0 Å². The Morgan fingerprint density at radius 1 is 1.05 bits per heavy atom. The van der Waals surface area contributed by atoms with Gasteiger partial charge < -0.3 is 23.6 Å². The van der Waals surface area contributed by atoms with E-state index in [0.717, 1.165) is 0 Å². The van der Waals surface area contributed by atoms with Gasteiger partial charge in [0.05, 0.1) is 23.1 Å². The van der Waals surface area contributed by atoms with E-state index in [4.69, 9.17) is 14.1 Å². The van der Waals surface area contributed by atoms with Gasteiger partial charge in [0.1, 0.15) is 33.4 Å². The van der Waals surface area contributed by atoms with Crippen molar-refractivity contribution >= 4 is 36.6 Å². The van der Waals surface area contributed by atoms with Crippen LogP contribution in [0.25, 0.3) is 22.2 Å².